The molecule has 0 aromatic carbocycles. The van der Waals surface area contributed by atoms with Crippen LogP contribution in [0.5, 0.6) is 0 Å². The van der Waals surface area contributed by atoms with Crippen LogP contribution >= 0.6 is 11.8 Å². The molecule has 0 aliphatic rings. The first-order valence-electron chi connectivity index (χ1n) is 3.59. The molecule has 3 nitrogen and oxygen atoms in total. The maximum absolute atomic E-state index is 11.1. The van der Waals surface area contributed by atoms with Crippen LogP contribution in [0.4, 0.5) is 0 Å². The molecule has 0 aromatic heterocycles. The molecule has 0 radical (unpaired) electrons. The molecule has 0 spiro atoms. The first-order valence-corrected chi connectivity index (χ1v) is 4.88. The van der Waals surface area contributed by atoms with Crippen LogP contribution < -0.4 is 5.32 Å². The molecule has 1 unspecified atom stereocenters. The lowest BCUT2D eigenvalue weighted by Crippen LogP contribution is -2.30. The highest BCUT2D eigenvalue weighted by molar-refractivity contribution is 7.99. The fourth-order valence-corrected chi connectivity index (χ4v) is 0.798. The summed E-state index contributed by atoms with van der Waals surface area (Å²) in [6.45, 7) is 1.98. The third kappa shape index (κ3) is 5.05. The monoisotopic (exact) mass is 187 g/mol. The summed E-state index contributed by atoms with van der Waals surface area (Å²) in [6.07, 6.45) is 1.88. The number of aliphatic hydroxyl groups excluding tert-OH is 1. The second-order valence-electron chi connectivity index (χ2n) is 2.11. The minimum absolute atomic E-state index is 0.0188. The molecule has 0 fully saturated rings. The van der Waals surface area contributed by atoms with E-state index in [9.17, 15) is 4.79 Å². The fourth-order valence-electron chi connectivity index (χ4n) is 0.500. The molecule has 1 atom stereocenters. The molecule has 4 heteroatoms. The highest BCUT2D eigenvalue weighted by Gasteiger charge is 2.08. The lowest BCUT2D eigenvalue weighted by molar-refractivity contribution is -0.120. The van der Waals surface area contributed by atoms with Gasteiger partial charge in [0.2, 0.25) is 5.91 Å². The van der Waals surface area contributed by atoms with Gasteiger partial charge in [0.25, 0.3) is 0 Å². The molecule has 0 heterocycles. The van der Waals surface area contributed by atoms with Crippen LogP contribution in [-0.4, -0.2) is 35.7 Å². The van der Waals surface area contributed by atoms with Gasteiger partial charge in [-0.25, -0.2) is 0 Å². The Hall–Kier alpha value is -0.660. The summed E-state index contributed by atoms with van der Waals surface area (Å²) in [5, 5.41) is 10.9. The van der Waals surface area contributed by atoms with Crippen molar-refractivity contribution in [3.63, 3.8) is 0 Å². The molecule has 0 aliphatic carbocycles. The van der Waals surface area contributed by atoms with Crippen molar-refractivity contribution in [2.75, 3.05) is 19.4 Å². The van der Waals surface area contributed by atoms with Crippen molar-refractivity contribution in [1.82, 2.24) is 5.32 Å². The third-order valence-corrected chi connectivity index (χ3v) is 2.20. The second-order valence-corrected chi connectivity index (χ2v) is 3.29. The molecule has 1 amide bonds. The summed E-state index contributed by atoms with van der Waals surface area (Å²) in [5.74, 6) is 5.03. The van der Waals surface area contributed by atoms with Crippen LogP contribution in [0, 0.1) is 11.8 Å². The summed E-state index contributed by atoms with van der Waals surface area (Å²) in [4.78, 5) is 11.1. The SMILES string of the molecule is CSC(C)C(=O)NCC#CCO. The van der Waals surface area contributed by atoms with Gasteiger partial charge in [-0.2, -0.15) is 11.8 Å². The minimum Gasteiger partial charge on any atom is -0.384 e. The number of aliphatic hydroxyl groups is 1. The van der Waals surface area contributed by atoms with Crippen molar-refractivity contribution in [3.8, 4) is 11.8 Å². The van der Waals surface area contributed by atoms with Gasteiger partial charge in [0, 0.05) is 0 Å². The maximum Gasteiger partial charge on any atom is 0.233 e. The van der Waals surface area contributed by atoms with Gasteiger partial charge in [0.15, 0.2) is 0 Å². The Bertz CT molecular complexity index is 195. The van der Waals surface area contributed by atoms with E-state index in [1.807, 2.05) is 13.2 Å². The zero-order valence-electron chi connectivity index (χ0n) is 7.26. The quantitative estimate of drug-likeness (QED) is 0.604. The van der Waals surface area contributed by atoms with Crippen molar-refractivity contribution >= 4 is 17.7 Å². The molecular weight excluding hydrogens is 174 g/mol. The standard InChI is InChI=1S/C8H13NO2S/c1-7(12-2)8(11)9-5-3-4-6-10/h7,10H,5-6H2,1-2H3,(H,9,11). The summed E-state index contributed by atoms with van der Waals surface area (Å²) in [7, 11) is 0. The molecule has 0 aliphatic heterocycles. The van der Waals surface area contributed by atoms with Gasteiger partial charge in [-0.1, -0.05) is 11.8 Å². The molecule has 2 N–H and O–H groups in total. The molecule has 0 rings (SSSR count). The van der Waals surface area contributed by atoms with E-state index in [0.717, 1.165) is 0 Å². The molecule has 0 bridgehead atoms. The average Bonchev–Trinajstić information content (AvgIpc) is 2.10. The Kier molecular flexibility index (Phi) is 6.63. The average molecular weight is 187 g/mol. The van der Waals surface area contributed by atoms with Gasteiger partial charge >= 0.3 is 0 Å². The molecule has 12 heavy (non-hydrogen) atoms. The predicted octanol–water partition coefficient (Wildman–Crippen LogP) is -0.150. The van der Waals surface area contributed by atoms with Crippen LogP contribution in [0.2, 0.25) is 0 Å². The second kappa shape index (κ2) is 7.01. The Morgan fingerprint density at radius 3 is 2.83 bits per heavy atom. The molecule has 0 aromatic rings. The molecule has 0 saturated carbocycles. The number of hydrogen-bond donors (Lipinski definition) is 2. The fraction of sp³-hybridized carbons (Fsp3) is 0.625. The van der Waals surface area contributed by atoms with E-state index in [1.165, 1.54) is 11.8 Å². The minimum atomic E-state index is -0.159. The normalized spacial score (nSPS) is 11.2. The lowest BCUT2D eigenvalue weighted by Gasteiger charge is -2.05. The zero-order valence-corrected chi connectivity index (χ0v) is 8.07. The highest BCUT2D eigenvalue weighted by atomic mass is 32.2. The Balaban J connectivity index is 3.57. The van der Waals surface area contributed by atoms with E-state index in [2.05, 4.69) is 17.2 Å². The van der Waals surface area contributed by atoms with E-state index in [-0.39, 0.29) is 17.8 Å². The first kappa shape index (κ1) is 11.3. The number of carbonyl (C=O) groups is 1. The Morgan fingerprint density at radius 2 is 2.33 bits per heavy atom. The summed E-state index contributed by atoms with van der Waals surface area (Å²) in [5.41, 5.74) is 0. The van der Waals surface area contributed by atoms with E-state index >= 15 is 0 Å². The third-order valence-electron chi connectivity index (χ3n) is 1.28. The van der Waals surface area contributed by atoms with Crippen LogP contribution in [0.25, 0.3) is 0 Å². The number of thioether (sulfide) groups is 1. The van der Waals surface area contributed by atoms with Gasteiger partial charge in [-0.05, 0) is 13.2 Å². The van der Waals surface area contributed by atoms with Crippen molar-refractivity contribution in [1.29, 1.82) is 0 Å². The smallest absolute Gasteiger partial charge is 0.233 e. The van der Waals surface area contributed by atoms with Gasteiger partial charge < -0.3 is 10.4 Å². The van der Waals surface area contributed by atoms with Crippen molar-refractivity contribution in [2.45, 2.75) is 12.2 Å². The number of carbonyl (C=O) groups excluding carboxylic acids is 1. The van der Waals surface area contributed by atoms with Gasteiger partial charge in [0.05, 0.1) is 11.8 Å². The van der Waals surface area contributed by atoms with Crippen molar-refractivity contribution in [2.24, 2.45) is 0 Å². The summed E-state index contributed by atoms with van der Waals surface area (Å²) >= 11 is 1.49. The number of hydrogen-bond acceptors (Lipinski definition) is 3. The van der Waals surface area contributed by atoms with E-state index in [4.69, 9.17) is 5.11 Å². The predicted molar refractivity (Wildman–Crippen MR) is 50.8 cm³/mol. The van der Waals surface area contributed by atoms with Gasteiger partial charge in [-0.15, -0.1) is 0 Å². The highest BCUT2D eigenvalue weighted by Crippen LogP contribution is 2.03. The summed E-state index contributed by atoms with van der Waals surface area (Å²) < 4.78 is 0. The molecule has 0 saturated heterocycles. The van der Waals surface area contributed by atoms with Crippen LogP contribution in [-0.2, 0) is 4.79 Å². The van der Waals surface area contributed by atoms with Crippen LogP contribution in [0.1, 0.15) is 6.92 Å². The van der Waals surface area contributed by atoms with Crippen LogP contribution in [0.3, 0.4) is 0 Å². The number of nitrogens with one attached hydrogen (secondary N) is 1. The Labute approximate surface area is 76.9 Å². The van der Waals surface area contributed by atoms with E-state index in [0.29, 0.717) is 6.54 Å². The number of rotatable bonds is 3. The lowest BCUT2D eigenvalue weighted by atomic mass is 10.4. The van der Waals surface area contributed by atoms with Gasteiger partial charge in [0.1, 0.15) is 6.61 Å². The molecular formula is C8H13NO2S. The van der Waals surface area contributed by atoms with E-state index < -0.39 is 0 Å². The van der Waals surface area contributed by atoms with Crippen molar-refractivity contribution in [3.05, 3.63) is 0 Å². The summed E-state index contributed by atoms with van der Waals surface area (Å²) in [6, 6.07) is 0. The van der Waals surface area contributed by atoms with Gasteiger partial charge in [-0.3, -0.25) is 4.79 Å². The largest absolute Gasteiger partial charge is 0.384 e. The maximum atomic E-state index is 11.1. The Morgan fingerprint density at radius 1 is 1.67 bits per heavy atom. The number of amides is 1. The molecule has 68 valence electrons. The van der Waals surface area contributed by atoms with Crippen LogP contribution in [0.15, 0.2) is 0 Å². The first-order chi connectivity index (χ1) is 5.72. The van der Waals surface area contributed by atoms with Crippen molar-refractivity contribution < 1.29 is 9.90 Å². The zero-order chi connectivity index (χ0) is 9.40. The van der Waals surface area contributed by atoms with E-state index in [1.54, 1.807) is 0 Å². The topological polar surface area (TPSA) is 49.3 Å².